The molecule has 0 bridgehead atoms. The van der Waals surface area contributed by atoms with Gasteiger partial charge < -0.3 is 14.7 Å². The van der Waals surface area contributed by atoms with Crippen molar-refractivity contribution in [1.82, 2.24) is 9.97 Å². The molecule has 1 aromatic heterocycles. The average molecular weight is 265 g/mol. The van der Waals surface area contributed by atoms with Crippen LogP contribution in [0.5, 0.6) is 0 Å². The zero-order valence-electron chi connectivity index (χ0n) is 12.2. The third-order valence-corrected chi connectivity index (χ3v) is 4.11. The highest BCUT2D eigenvalue weighted by Crippen LogP contribution is 2.39. The lowest BCUT2D eigenvalue weighted by molar-refractivity contribution is -0.122. The first kappa shape index (κ1) is 14.2. The van der Waals surface area contributed by atoms with Crippen LogP contribution in [0.1, 0.15) is 26.1 Å². The molecule has 0 spiro atoms. The molecule has 0 unspecified atom stereocenters. The van der Waals surface area contributed by atoms with Crippen LogP contribution in [0.15, 0.2) is 12.3 Å². The third-order valence-electron chi connectivity index (χ3n) is 4.11. The van der Waals surface area contributed by atoms with Gasteiger partial charge in [-0.3, -0.25) is 0 Å². The molecule has 0 amide bonds. The van der Waals surface area contributed by atoms with Gasteiger partial charge in [-0.05, 0) is 19.4 Å². The predicted molar refractivity (Wildman–Crippen MR) is 74.2 cm³/mol. The highest BCUT2D eigenvalue weighted by molar-refractivity contribution is 5.39. The van der Waals surface area contributed by atoms with E-state index in [1.807, 2.05) is 13.0 Å². The normalized spacial score (nSPS) is 26.5. The fourth-order valence-electron chi connectivity index (χ4n) is 2.68. The molecule has 1 aliphatic rings. The van der Waals surface area contributed by atoms with Gasteiger partial charge in [-0.1, -0.05) is 13.8 Å². The summed E-state index contributed by atoms with van der Waals surface area (Å²) >= 11 is 0. The quantitative estimate of drug-likeness (QED) is 0.895. The topological polar surface area (TPSA) is 58.5 Å². The Kier molecular flexibility index (Phi) is 3.78. The predicted octanol–water partition coefficient (Wildman–Crippen LogP) is 1.40. The van der Waals surface area contributed by atoms with E-state index in [0.717, 1.165) is 24.7 Å². The van der Waals surface area contributed by atoms with Crippen molar-refractivity contribution in [2.45, 2.75) is 32.8 Å². The minimum absolute atomic E-state index is 0.250. The number of rotatable bonds is 3. The van der Waals surface area contributed by atoms with E-state index < -0.39 is 5.60 Å². The molecule has 0 saturated carbocycles. The molecular formula is C14H23N3O2. The van der Waals surface area contributed by atoms with Crippen molar-refractivity contribution in [1.29, 1.82) is 0 Å². The number of methoxy groups -OCH3 is 1. The van der Waals surface area contributed by atoms with Crippen LogP contribution in [0, 0.1) is 12.3 Å². The molecule has 0 aromatic carbocycles. The van der Waals surface area contributed by atoms with Crippen LogP contribution < -0.4 is 4.90 Å². The zero-order chi connectivity index (χ0) is 14.1. The van der Waals surface area contributed by atoms with Crippen molar-refractivity contribution in [3.8, 4) is 0 Å². The number of hydrogen-bond donors (Lipinski definition) is 1. The molecular weight excluding hydrogens is 242 g/mol. The monoisotopic (exact) mass is 265 g/mol. The highest BCUT2D eigenvalue weighted by atomic mass is 16.5. The lowest BCUT2D eigenvalue weighted by atomic mass is 9.70. The second-order valence-electron chi connectivity index (χ2n) is 5.98. The van der Waals surface area contributed by atoms with Crippen LogP contribution in [0.3, 0.4) is 0 Å². The molecule has 1 aliphatic heterocycles. The molecule has 106 valence electrons. The smallest absolute Gasteiger partial charge is 0.132 e. The Hall–Kier alpha value is -1.20. The summed E-state index contributed by atoms with van der Waals surface area (Å²) in [7, 11) is 1.63. The van der Waals surface area contributed by atoms with E-state index >= 15 is 0 Å². The average Bonchev–Trinajstić information content (AvgIpc) is 2.33. The Bertz CT molecular complexity index is 450. The van der Waals surface area contributed by atoms with Gasteiger partial charge in [0, 0.05) is 31.8 Å². The van der Waals surface area contributed by atoms with Crippen molar-refractivity contribution < 1.29 is 9.84 Å². The van der Waals surface area contributed by atoms with Crippen molar-refractivity contribution in [3.05, 3.63) is 18.1 Å². The number of aryl methyl sites for hydroxylation is 1. The molecule has 1 aromatic rings. The molecule has 1 N–H and O–H groups in total. The second-order valence-corrected chi connectivity index (χ2v) is 5.98. The zero-order valence-corrected chi connectivity index (χ0v) is 12.2. The maximum absolute atomic E-state index is 10.7. The van der Waals surface area contributed by atoms with Gasteiger partial charge in [0.1, 0.15) is 11.6 Å². The standard InChI is InChI=1S/C14H23N3O2/c1-11-15-7-5-12(16-11)17-8-6-14(18,10-19-4)13(2,3)9-17/h5,7,18H,6,8-10H2,1-4H3/t14-/m1/s1. The maximum Gasteiger partial charge on any atom is 0.132 e. The summed E-state index contributed by atoms with van der Waals surface area (Å²) in [5.74, 6) is 1.70. The largest absolute Gasteiger partial charge is 0.387 e. The Morgan fingerprint density at radius 3 is 2.79 bits per heavy atom. The van der Waals surface area contributed by atoms with E-state index in [4.69, 9.17) is 4.74 Å². The Morgan fingerprint density at radius 2 is 2.21 bits per heavy atom. The molecule has 1 saturated heterocycles. The molecule has 2 heterocycles. The first-order chi connectivity index (χ1) is 8.88. The Balaban J connectivity index is 2.18. The number of nitrogens with zero attached hydrogens (tertiary/aromatic N) is 3. The summed E-state index contributed by atoms with van der Waals surface area (Å²) in [5.41, 5.74) is -1.03. The van der Waals surface area contributed by atoms with E-state index in [-0.39, 0.29) is 5.41 Å². The fourth-order valence-corrected chi connectivity index (χ4v) is 2.68. The number of aliphatic hydroxyl groups is 1. The second kappa shape index (κ2) is 5.06. The maximum atomic E-state index is 10.7. The highest BCUT2D eigenvalue weighted by Gasteiger charge is 2.47. The van der Waals surface area contributed by atoms with Gasteiger partial charge in [0.05, 0.1) is 12.2 Å². The Morgan fingerprint density at radius 1 is 1.47 bits per heavy atom. The number of hydrogen-bond acceptors (Lipinski definition) is 5. The fraction of sp³-hybridized carbons (Fsp3) is 0.714. The van der Waals surface area contributed by atoms with Gasteiger partial charge in [0.2, 0.25) is 0 Å². The minimum atomic E-state index is -0.777. The van der Waals surface area contributed by atoms with Crippen LogP contribution in [-0.4, -0.2) is 47.5 Å². The molecule has 0 radical (unpaired) electrons. The van der Waals surface area contributed by atoms with E-state index in [9.17, 15) is 5.11 Å². The van der Waals surface area contributed by atoms with Crippen LogP contribution in [0.4, 0.5) is 5.82 Å². The summed E-state index contributed by atoms with van der Waals surface area (Å²) in [4.78, 5) is 10.8. The van der Waals surface area contributed by atoms with E-state index in [2.05, 4.69) is 28.7 Å². The van der Waals surface area contributed by atoms with Gasteiger partial charge in [-0.25, -0.2) is 9.97 Å². The van der Waals surface area contributed by atoms with Crippen molar-refractivity contribution in [2.75, 3.05) is 31.7 Å². The summed E-state index contributed by atoms with van der Waals surface area (Å²) in [6.07, 6.45) is 2.46. The van der Waals surface area contributed by atoms with E-state index in [1.165, 1.54) is 0 Å². The summed E-state index contributed by atoms with van der Waals surface area (Å²) in [5, 5.41) is 10.7. The van der Waals surface area contributed by atoms with Gasteiger partial charge in [-0.15, -0.1) is 0 Å². The van der Waals surface area contributed by atoms with E-state index in [1.54, 1.807) is 13.3 Å². The first-order valence-electron chi connectivity index (χ1n) is 6.64. The Labute approximate surface area is 114 Å². The van der Waals surface area contributed by atoms with Crippen LogP contribution in [0.2, 0.25) is 0 Å². The molecule has 5 nitrogen and oxygen atoms in total. The van der Waals surface area contributed by atoms with Gasteiger partial charge in [0.25, 0.3) is 0 Å². The summed E-state index contributed by atoms with van der Waals surface area (Å²) in [6.45, 7) is 7.94. The van der Waals surface area contributed by atoms with Crippen LogP contribution in [-0.2, 0) is 4.74 Å². The van der Waals surface area contributed by atoms with Crippen LogP contribution >= 0.6 is 0 Å². The van der Waals surface area contributed by atoms with E-state index in [0.29, 0.717) is 13.0 Å². The summed E-state index contributed by atoms with van der Waals surface area (Å²) in [6, 6.07) is 1.92. The lowest BCUT2D eigenvalue weighted by Gasteiger charge is -2.50. The van der Waals surface area contributed by atoms with Gasteiger partial charge >= 0.3 is 0 Å². The van der Waals surface area contributed by atoms with Crippen molar-refractivity contribution >= 4 is 5.82 Å². The molecule has 5 heteroatoms. The number of anilines is 1. The minimum Gasteiger partial charge on any atom is -0.387 e. The lowest BCUT2D eigenvalue weighted by Crippen LogP contribution is -2.59. The number of ether oxygens (including phenoxy) is 1. The SMILES string of the molecule is COC[C@]1(O)CCN(c2ccnc(C)n2)CC1(C)C. The summed E-state index contributed by atoms with van der Waals surface area (Å²) < 4.78 is 5.19. The number of piperidine rings is 1. The van der Waals surface area contributed by atoms with Crippen molar-refractivity contribution in [2.24, 2.45) is 5.41 Å². The van der Waals surface area contributed by atoms with Gasteiger partial charge in [-0.2, -0.15) is 0 Å². The molecule has 19 heavy (non-hydrogen) atoms. The third kappa shape index (κ3) is 2.72. The number of aromatic nitrogens is 2. The first-order valence-corrected chi connectivity index (χ1v) is 6.64. The van der Waals surface area contributed by atoms with Crippen molar-refractivity contribution in [3.63, 3.8) is 0 Å². The molecule has 1 atom stereocenters. The van der Waals surface area contributed by atoms with Crippen LogP contribution in [0.25, 0.3) is 0 Å². The molecule has 2 rings (SSSR count). The van der Waals surface area contributed by atoms with Gasteiger partial charge in [0.15, 0.2) is 0 Å². The molecule has 1 fully saturated rings. The molecule has 0 aliphatic carbocycles.